The van der Waals surface area contributed by atoms with E-state index >= 15 is 0 Å². The van der Waals surface area contributed by atoms with Crippen molar-refractivity contribution in [1.29, 1.82) is 0 Å². The fraction of sp³-hybridized carbons (Fsp3) is 0.333. The van der Waals surface area contributed by atoms with E-state index in [9.17, 15) is 0 Å². The minimum absolute atomic E-state index is 0.437. The Hall–Kier alpha value is -1.44. The van der Waals surface area contributed by atoms with Crippen LogP contribution in [0.3, 0.4) is 0 Å². The fourth-order valence-corrected chi connectivity index (χ4v) is 1.56. The molecule has 0 saturated heterocycles. The molecule has 0 aliphatic rings. The first-order chi connectivity index (χ1) is 6.72. The first-order valence-electron chi connectivity index (χ1n) is 4.92. The molecule has 2 nitrogen and oxygen atoms in total. The third-order valence-electron chi connectivity index (χ3n) is 2.40. The van der Waals surface area contributed by atoms with Crippen LogP contribution in [0.2, 0.25) is 0 Å². The highest BCUT2D eigenvalue weighted by Gasteiger charge is 2.09. The highest BCUT2D eigenvalue weighted by atomic mass is 16.3. The maximum Gasteiger partial charge on any atom is 0.157 e. The summed E-state index contributed by atoms with van der Waals surface area (Å²) in [5.41, 5.74) is 2.01. The van der Waals surface area contributed by atoms with Gasteiger partial charge in [0.05, 0.1) is 5.69 Å². The lowest BCUT2D eigenvalue weighted by atomic mass is 10.1. The van der Waals surface area contributed by atoms with E-state index in [0.717, 1.165) is 17.0 Å². The molecule has 0 amide bonds. The monoisotopic (exact) mass is 189 g/mol. The predicted octanol–water partition coefficient (Wildman–Crippen LogP) is 3.60. The van der Waals surface area contributed by atoms with Crippen molar-refractivity contribution in [1.82, 2.24) is 0 Å². The second-order valence-corrected chi connectivity index (χ2v) is 3.78. The Labute approximate surface area is 83.9 Å². The Kier molecular flexibility index (Phi) is 2.20. The molecule has 0 spiro atoms. The number of fused-ring (bicyclic) bond motifs is 1. The van der Waals surface area contributed by atoms with Gasteiger partial charge in [-0.3, -0.25) is 0 Å². The average molecular weight is 189 g/mol. The van der Waals surface area contributed by atoms with Gasteiger partial charge in [-0.1, -0.05) is 26.0 Å². The van der Waals surface area contributed by atoms with Crippen LogP contribution in [-0.2, 0) is 0 Å². The summed E-state index contributed by atoms with van der Waals surface area (Å²) >= 11 is 0. The molecule has 2 heteroatoms. The van der Waals surface area contributed by atoms with Gasteiger partial charge in [-0.25, -0.2) is 0 Å². The number of para-hydroxylation sites is 1. The number of anilines is 1. The molecular formula is C12H15NO. The van der Waals surface area contributed by atoms with E-state index in [1.54, 1.807) is 0 Å². The Bertz CT molecular complexity index is 443. The summed E-state index contributed by atoms with van der Waals surface area (Å²) in [6.45, 7) is 4.27. The summed E-state index contributed by atoms with van der Waals surface area (Å²) in [6.07, 6.45) is 0. The van der Waals surface area contributed by atoms with Crippen LogP contribution in [0.25, 0.3) is 11.0 Å². The Morgan fingerprint density at radius 2 is 2.07 bits per heavy atom. The molecule has 74 valence electrons. The van der Waals surface area contributed by atoms with E-state index in [1.165, 1.54) is 5.39 Å². The Morgan fingerprint density at radius 3 is 2.71 bits per heavy atom. The van der Waals surface area contributed by atoms with Gasteiger partial charge in [-0.05, 0) is 12.1 Å². The third-order valence-corrected chi connectivity index (χ3v) is 2.40. The molecule has 0 bridgehead atoms. The molecule has 1 aromatic carbocycles. The van der Waals surface area contributed by atoms with Crippen LogP contribution in [0.1, 0.15) is 25.5 Å². The molecule has 0 fully saturated rings. The first kappa shape index (κ1) is 9.13. The van der Waals surface area contributed by atoms with Crippen molar-refractivity contribution in [2.45, 2.75) is 19.8 Å². The number of nitrogens with one attached hydrogen (secondary N) is 1. The van der Waals surface area contributed by atoms with Crippen LogP contribution in [0.15, 0.2) is 28.7 Å². The topological polar surface area (TPSA) is 25.2 Å². The molecule has 1 heterocycles. The van der Waals surface area contributed by atoms with E-state index in [2.05, 4.69) is 31.3 Å². The van der Waals surface area contributed by atoms with E-state index < -0.39 is 0 Å². The molecule has 14 heavy (non-hydrogen) atoms. The van der Waals surface area contributed by atoms with Gasteiger partial charge in [0.15, 0.2) is 5.58 Å². The molecule has 1 aromatic heterocycles. The van der Waals surface area contributed by atoms with Crippen LogP contribution in [0.4, 0.5) is 5.69 Å². The molecule has 0 saturated carbocycles. The zero-order valence-electron chi connectivity index (χ0n) is 8.79. The summed E-state index contributed by atoms with van der Waals surface area (Å²) in [5.74, 6) is 1.48. The van der Waals surface area contributed by atoms with Crippen molar-refractivity contribution >= 4 is 16.7 Å². The first-order valence-corrected chi connectivity index (χ1v) is 4.92. The Morgan fingerprint density at radius 1 is 1.29 bits per heavy atom. The molecule has 1 N–H and O–H groups in total. The van der Waals surface area contributed by atoms with Crippen LogP contribution < -0.4 is 5.32 Å². The van der Waals surface area contributed by atoms with Gasteiger partial charge in [0, 0.05) is 18.4 Å². The Balaban J connectivity index is 2.64. The van der Waals surface area contributed by atoms with Crippen LogP contribution in [0, 0.1) is 0 Å². The summed E-state index contributed by atoms with van der Waals surface area (Å²) in [5, 5.41) is 4.30. The molecular weight excluding hydrogens is 174 g/mol. The smallest absolute Gasteiger partial charge is 0.157 e. The van der Waals surface area contributed by atoms with Crippen molar-refractivity contribution in [2.75, 3.05) is 12.4 Å². The van der Waals surface area contributed by atoms with Crippen LogP contribution >= 0.6 is 0 Å². The maximum atomic E-state index is 5.79. The lowest BCUT2D eigenvalue weighted by molar-refractivity contribution is 0.522. The molecule has 0 aliphatic heterocycles. The number of furan rings is 1. The van der Waals surface area contributed by atoms with Gasteiger partial charge in [0.25, 0.3) is 0 Å². The summed E-state index contributed by atoms with van der Waals surface area (Å²) in [4.78, 5) is 0. The zero-order valence-corrected chi connectivity index (χ0v) is 8.79. The second kappa shape index (κ2) is 3.37. The summed E-state index contributed by atoms with van der Waals surface area (Å²) in [6, 6.07) is 8.25. The third kappa shape index (κ3) is 1.37. The van der Waals surface area contributed by atoms with E-state index in [1.807, 2.05) is 19.2 Å². The molecule has 2 rings (SSSR count). The number of benzene rings is 1. The summed E-state index contributed by atoms with van der Waals surface area (Å²) in [7, 11) is 1.91. The van der Waals surface area contributed by atoms with Crippen LogP contribution in [0.5, 0.6) is 0 Å². The van der Waals surface area contributed by atoms with Crippen molar-refractivity contribution in [2.24, 2.45) is 0 Å². The van der Waals surface area contributed by atoms with Gasteiger partial charge in [-0.15, -0.1) is 0 Å². The SMILES string of the molecule is CNc1cccc2cc(C(C)C)oc12. The fourth-order valence-electron chi connectivity index (χ4n) is 1.56. The van der Waals surface area contributed by atoms with Gasteiger partial charge < -0.3 is 9.73 Å². The minimum Gasteiger partial charge on any atom is -0.459 e. The molecule has 2 aromatic rings. The molecule has 0 radical (unpaired) electrons. The van der Waals surface area contributed by atoms with E-state index in [0.29, 0.717) is 5.92 Å². The van der Waals surface area contributed by atoms with Gasteiger partial charge in [0.2, 0.25) is 0 Å². The molecule has 0 atom stereocenters. The summed E-state index contributed by atoms with van der Waals surface area (Å²) < 4.78 is 5.79. The highest BCUT2D eigenvalue weighted by Crippen LogP contribution is 2.29. The number of hydrogen-bond donors (Lipinski definition) is 1. The molecule has 0 aliphatic carbocycles. The lowest BCUT2D eigenvalue weighted by Gasteiger charge is -2.00. The van der Waals surface area contributed by atoms with E-state index in [-0.39, 0.29) is 0 Å². The zero-order chi connectivity index (χ0) is 10.1. The second-order valence-electron chi connectivity index (χ2n) is 3.78. The quantitative estimate of drug-likeness (QED) is 0.780. The van der Waals surface area contributed by atoms with Crippen molar-refractivity contribution in [3.8, 4) is 0 Å². The average Bonchev–Trinajstić information content (AvgIpc) is 2.60. The van der Waals surface area contributed by atoms with Crippen molar-refractivity contribution in [3.05, 3.63) is 30.0 Å². The minimum atomic E-state index is 0.437. The maximum absolute atomic E-state index is 5.79. The van der Waals surface area contributed by atoms with Crippen LogP contribution in [-0.4, -0.2) is 7.05 Å². The standard InChI is InChI=1S/C12H15NO/c1-8(2)11-7-9-5-4-6-10(13-3)12(9)14-11/h4-8,13H,1-3H3. The molecule has 0 unspecified atom stereocenters. The van der Waals surface area contributed by atoms with Gasteiger partial charge >= 0.3 is 0 Å². The number of rotatable bonds is 2. The largest absolute Gasteiger partial charge is 0.459 e. The van der Waals surface area contributed by atoms with Gasteiger partial charge in [0.1, 0.15) is 5.76 Å². The van der Waals surface area contributed by atoms with Gasteiger partial charge in [-0.2, -0.15) is 0 Å². The number of hydrogen-bond acceptors (Lipinski definition) is 2. The normalized spacial score (nSPS) is 11.1. The van der Waals surface area contributed by atoms with E-state index in [4.69, 9.17) is 4.42 Å². The van der Waals surface area contributed by atoms with Crippen molar-refractivity contribution in [3.63, 3.8) is 0 Å². The lowest BCUT2D eigenvalue weighted by Crippen LogP contribution is -1.86. The predicted molar refractivity (Wildman–Crippen MR) is 59.8 cm³/mol. The van der Waals surface area contributed by atoms with Crippen molar-refractivity contribution < 1.29 is 4.42 Å². The highest BCUT2D eigenvalue weighted by molar-refractivity contribution is 5.89.